The maximum Gasteiger partial charge on any atom is 0.321 e. The standard InChI is InChI=1S/C12H16ClN3OS/c1-2-16(8-7-11(14)18)12(17)15-10-6-4-3-5-9(10)13/h3-6H,2,7-8H2,1H3,(H2,14,18)(H,15,17). The summed E-state index contributed by atoms with van der Waals surface area (Å²) >= 11 is 10.8. The van der Waals surface area contributed by atoms with Crippen molar-refractivity contribution in [2.75, 3.05) is 18.4 Å². The number of nitrogens with zero attached hydrogens (tertiary/aromatic N) is 1. The zero-order chi connectivity index (χ0) is 13.5. The van der Waals surface area contributed by atoms with E-state index in [0.29, 0.717) is 35.2 Å². The monoisotopic (exact) mass is 285 g/mol. The second kappa shape index (κ2) is 7.18. The number of thiocarbonyl (C=S) groups is 1. The number of amides is 2. The lowest BCUT2D eigenvalue weighted by molar-refractivity contribution is 0.216. The molecule has 0 aliphatic rings. The number of anilines is 1. The molecule has 0 atom stereocenters. The Kier molecular flexibility index (Phi) is 5.88. The molecular formula is C12H16ClN3OS. The fourth-order valence-corrected chi connectivity index (χ4v) is 1.68. The van der Waals surface area contributed by atoms with Gasteiger partial charge >= 0.3 is 6.03 Å². The first kappa shape index (κ1) is 14.7. The molecule has 0 saturated heterocycles. The van der Waals surface area contributed by atoms with Gasteiger partial charge in [-0.3, -0.25) is 0 Å². The number of halogens is 1. The Morgan fingerprint density at radius 2 is 2.17 bits per heavy atom. The number of hydrogen-bond acceptors (Lipinski definition) is 2. The number of benzene rings is 1. The van der Waals surface area contributed by atoms with Gasteiger partial charge in [-0.05, 0) is 19.1 Å². The Labute approximate surface area is 117 Å². The third kappa shape index (κ3) is 4.50. The van der Waals surface area contributed by atoms with Gasteiger partial charge in [-0.15, -0.1) is 0 Å². The maximum absolute atomic E-state index is 12.0. The van der Waals surface area contributed by atoms with Gasteiger partial charge in [-0.2, -0.15) is 0 Å². The predicted molar refractivity (Wildman–Crippen MR) is 79.1 cm³/mol. The third-order valence-electron chi connectivity index (χ3n) is 2.41. The molecule has 3 N–H and O–H groups in total. The van der Waals surface area contributed by atoms with Crippen molar-refractivity contribution in [3.8, 4) is 0 Å². The summed E-state index contributed by atoms with van der Waals surface area (Å²) in [4.78, 5) is 14.0. The maximum atomic E-state index is 12.0. The molecule has 18 heavy (non-hydrogen) atoms. The van der Waals surface area contributed by atoms with Crippen molar-refractivity contribution in [1.82, 2.24) is 4.90 Å². The number of nitrogens with one attached hydrogen (secondary N) is 1. The number of carbonyl (C=O) groups excluding carboxylic acids is 1. The van der Waals surface area contributed by atoms with E-state index in [1.54, 1.807) is 17.0 Å². The van der Waals surface area contributed by atoms with E-state index in [1.165, 1.54) is 0 Å². The van der Waals surface area contributed by atoms with Gasteiger partial charge in [0.15, 0.2) is 0 Å². The van der Waals surface area contributed by atoms with Gasteiger partial charge in [0, 0.05) is 19.5 Å². The molecule has 98 valence electrons. The van der Waals surface area contributed by atoms with Gasteiger partial charge in [0.25, 0.3) is 0 Å². The van der Waals surface area contributed by atoms with Crippen LogP contribution in [0.1, 0.15) is 13.3 Å². The molecule has 0 radical (unpaired) electrons. The Balaban J connectivity index is 2.62. The molecule has 0 unspecified atom stereocenters. The van der Waals surface area contributed by atoms with Gasteiger partial charge in [0.1, 0.15) is 0 Å². The van der Waals surface area contributed by atoms with Gasteiger partial charge in [-0.1, -0.05) is 36.0 Å². The zero-order valence-corrected chi connectivity index (χ0v) is 11.7. The van der Waals surface area contributed by atoms with E-state index in [9.17, 15) is 4.79 Å². The summed E-state index contributed by atoms with van der Waals surface area (Å²) in [6, 6.07) is 6.89. The van der Waals surface area contributed by atoms with Crippen LogP contribution in [0, 0.1) is 0 Å². The lowest BCUT2D eigenvalue weighted by Crippen LogP contribution is -2.36. The second-order valence-electron chi connectivity index (χ2n) is 3.71. The molecule has 2 amide bonds. The minimum atomic E-state index is -0.207. The number of nitrogens with two attached hydrogens (primary N) is 1. The summed E-state index contributed by atoms with van der Waals surface area (Å²) < 4.78 is 0. The highest BCUT2D eigenvalue weighted by atomic mass is 35.5. The van der Waals surface area contributed by atoms with Crippen molar-refractivity contribution in [1.29, 1.82) is 0 Å². The van der Waals surface area contributed by atoms with Crippen molar-refractivity contribution >= 4 is 40.5 Å². The van der Waals surface area contributed by atoms with E-state index in [1.807, 2.05) is 19.1 Å². The molecule has 0 aromatic heterocycles. The Hall–Kier alpha value is -1.33. The molecular weight excluding hydrogens is 270 g/mol. The van der Waals surface area contributed by atoms with Gasteiger partial charge in [0.05, 0.1) is 15.7 Å². The van der Waals surface area contributed by atoms with Crippen molar-refractivity contribution in [2.24, 2.45) is 5.73 Å². The van der Waals surface area contributed by atoms with Crippen LogP contribution in [0.15, 0.2) is 24.3 Å². The molecule has 1 aromatic carbocycles. The molecule has 0 bridgehead atoms. The van der Waals surface area contributed by atoms with E-state index in [0.717, 1.165) is 0 Å². The van der Waals surface area contributed by atoms with Crippen LogP contribution in [0.25, 0.3) is 0 Å². The molecule has 0 fully saturated rings. The fraction of sp³-hybridized carbons (Fsp3) is 0.333. The van der Waals surface area contributed by atoms with Crippen LogP contribution in [0.3, 0.4) is 0 Å². The summed E-state index contributed by atoms with van der Waals surface area (Å²) in [5, 5.41) is 3.27. The highest BCUT2D eigenvalue weighted by molar-refractivity contribution is 7.80. The van der Waals surface area contributed by atoms with Crippen LogP contribution >= 0.6 is 23.8 Å². The van der Waals surface area contributed by atoms with E-state index in [4.69, 9.17) is 29.6 Å². The topological polar surface area (TPSA) is 58.4 Å². The Bertz CT molecular complexity index is 439. The quantitative estimate of drug-likeness (QED) is 0.818. The SMILES string of the molecule is CCN(CCC(N)=S)C(=O)Nc1ccccc1Cl. The summed E-state index contributed by atoms with van der Waals surface area (Å²) in [5.41, 5.74) is 6.02. The third-order valence-corrected chi connectivity index (χ3v) is 2.95. The minimum absolute atomic E-state index is 0.207. The van der Waals surface area contributed by atoms with Crippen LogP contribution in [-0.2, 0) is 0 Å². The Morgan fingerprint density at radius 1 is 1.50 bits per heavy atom. The molecule has 0 aliphatic carbocycles. The van der Waals surface area contributed by atoms with Crippen LogP contribution in [0.4, 0.5) is 10.5 Å². The van der Waals surface area contributed by atoms with E-state index < -0.39 is 0 Å². The molecule has 4 nitrogen and oxygen atoms in total. The first-order chi connectivity index (χ1) is 8.54. The summed E-state index contributed by atoms with van der Waals surface area (Å²) in [6.07, 6.45) is 0.513. The van der Waals surface area contributed by atoms with E-state index >= 15 is 0 Å². The van der Waals surface area contributed by atoms with Gasteiger partial charge < -0.3 is 16.0 Å². The number of para-hydroxylation sites is 1. The van der Waals surface area contributed by atoms with E-state index in [-0.39, 0.29) is 6.03 Å². The normalized spacial score (nSPS) is 9.89. The molecule has 0 saturated carbocycles. The lowest BCUT2D eigenvalue weighted by Gasteiger charge is -2.21. The minimum Gasteiger partial charge on any atom is -0.393 e. The highest BCUT2D eigenvalue weighted by Gasteiger charge is 2.12. The number of urea groups is 1. The van der Waals surface area contributed by atoms with Gasteiger partial charge in [-0.25, -0.2) is 4.79 Å². The van der Waals surface area contributed by atoms with Crippen molar-refractivity contribution in [2.45, 2.75) is 13.3 Å². The molecule has 1 rings (SSSR count). The van der Waals surface area contributed by atoms with Crippen molar-refractivity contribution < 1.29 is 4.79 Å². The molecule has 0 spiro atoms. The largest absolute Gasteiger partial charge is 0.393 e. The highest BCUT2D eigenvalue weighted by Crippen LogP contribution is 2.20. The first-order valence-electron chi connectivity index (χ1n) is 5.63. The van der Waals surface area contributed by atoms with Gasteiger partial charge in [0.2, 0.25) is 0 Å². The first-order valence-corrected chi connectivity index (χ1v) is 6.42. The average molecular weight is 286 g/mol. The molecule has 6 heteroatoms. The van der Waals surface area contributed by atoms with Crippen LogP contribution < -0.4 is 11.1 Å². The van der Waals surface area contributed by atoms with Crippen LogP contribution in [0.5, 0.6) is 0 Å². The second-order valence-corrected chi connectivity index (χ2v) is 4.64. The predicted octanol–water partition coefficient (Wildman–Crippen LogP) is 2.87. The summed E-state index contributed by atoms with van der Waals surface area (Å²) in [6.45, 7) is 2.98. The average Bonchev–Trinajstić information content (AvgIpc) is 2.32. The molecule has 0 heterocycles. The van der Waals surface area contributed by atoms with Crippen molar-refractivity contribution in [3.05, 3.63) is 29.3 Å². The summed E-state index contributed by atoms with van der Waals surface area (Å²) in [7, 11) is 0. The smallest absolute Gasteiger partial charge is 0.321 e. The number of rotatable bonds is 5. The van der Waals surface area contributed by atoms with E-state index in [2.05, 4.69) is 5.32 Å². The lowest BCUT2D eigenvalue weighted by atomic mass is 10.3. The fourth-order valence-electron chi connectivity index (χ4n) is 1.41. The van der Waals surface area contributed by atoms with Crippen LogP contribution in [-0.4, -0.2) is 29.0 Å². The molecule has 0 aliphatic heterocycles. The molecule has 1 aromatic rings. The Morgan fingerprint density at radius 3 is 2.72 bits per heavy atom. The van der Waals surface area contributed by atoms with Crippen molar-refractivity contribution in [3.63, 3.8) is 0 Å². The summed E-state index contributed by atoms with van der Waals surface area (Å²) in [5.74, 6) is 0. The van der Waals surface area contributed by atoms with Crippen LogP contribution in [0.2, 0.25) is 5.02 Å². The number of carbonyl (C=O) groups is 1. The number of hydrogen-bond donors (Lipinski definition) is 2. The zero-order valence-electron chi connectivity index (χ0n) is 10.1.